The van der Waals surface area contributed by atoms with E-state index in [0.717, 1.165) is 22.1 Å². The molecule has 0 saturated heterocycles. The first-order valence-corrected chi connectivity index (χ1v) is 7.94. The van der Waals surface area contributed by atoms with Crippen LogP contribution in [0.1, 0.15) is 25.0 Å². The van der Waals surface area contributed by atoms with E-state index in [1.807, 2.05) is 31.2 Å². The number of hydrogen-bond donors (Lipinski definition) is 1. The first kappa shape index (κ1) is 16.3. The molecule has 112 valence electrons. The molecule has 0 atom stereocenters. The van der Waals surface area contributed by atoms with Crippen LogP contribution in [0.3, 0.4) is 0 Å². The van der Waals surface area contributed by atoms with Gasteiger partial charge in [0.15, 0.2) is 0 Å². The van der Waals surface area contributed by atoms with Gasteiger partial charge in [-0.2, -0.15) is 0 Å². The fraction of sp³-hybridized carbons (Fsp3) is 0.312. The van der Waals surface area contributed by atoms with Crippen LogP contribution < -0.4 is 10.1 Å². The smallest absolute Gasteiger partial charge is 0.238 e. The Balaban J connectivity index is 2.13. The Morgan fingerprint density at radius 2 is 2.10 bits per heavy atom. The summed E-state index contributed by atoms with van der Waals surface area (Å²) in [4.78, 5) is 4.30. The summed E-state index contributed by atoms with van der Waals surface area (Å²) in [5.74, 6) is 1.11. The van der Waals surface area contributed by atoms with Crippen LogP contribution in [0.2, 0.25) is 5.02 Å². The fourth-order valence-electron chi connectivity index (χ4n) is 1.75. The molecule has 0 spiro atoms. The molecule has 0 unspecified atom stereocenters. The summed E-state index contributed by atoms with van der Waals surface area (Å²) in [5, 5.41) is 3.83. The average Bonchev–Trinajstić information content (AvgIpc) is 2.42. The lowest BCUT2D eigenvalue weighted by molar-refractivity contribution is 0.459. The van der Waals surface area contributed by atoms with Crippen molar-refractivity contribution in [3.05, 3.63) is 51.1 Å². The fourth-order valence-corrected chi connectivity index (χ4v) is 2.55. The van der Waals surface area contributed by atoms with Crippen molar-refractivity contribution < 1.29 is 4.74 Å². The van der Waals surface area contributed by atoms with E-state index in [0.29, 0.717) is 22.7 Å². The van der Waals surface area contributed by atoms with Gasteiger partial charge < -0.3 is 10.1 Å². The Morgan fingerprint density at radius 1 is 1.33 bits per heavy atom. The lowest BCUT2D eigenvalue weighted by atomic mass is 10.2. The maximum absolute atomic E-state index is 6.25. The largest absolute Gasteiger partial charge is 0.436 e. The quantitative estimate of drug-likeness (QED) is 0.796. The predicted molar refractivity (Wildman–Crippen MR) is 90.2 cm³/mol. The molecule has 5 heteroatoms. The molecule has 21 heavy (non-hydrogen) atoms. The van der Waals surface area contributed by atoms with Crippen molar-refractivity contribution in [2.75, 3.05) is 0 Å². The molecule has 0 amide bonds. The van der Waals surface area contributed by atoms with Crippen molar-refractivity contribution in [2.45, 2.75) is 33.4 Å². The van der Waals surface area contributed by atoms with Gasteiger partial charge in [0, 0.05) is 18.8 Å². The van der Waals surface area contributed by atoms with Crippen molar-refractivity contribution in [3.63, 3.8) is 0 Å². The van der Waals surface area contributed by atoms with Crippen LogP contribution in [0.5, 0.6) is 11.6 Å². The van der Waals surface area contributed by atoms with E-state index in [9.17, 15) is 0 Å². The highest BCUT2D eigenvalue weighted by Crippen LogP contribution is 2.33. The summed E-state index contributed by atoms with van der Waals surface area (Å²) < 4.78 is 6.65. The highest BCUT2D eigenvalue weighted by Gasteiger charge is 2.09. The van der Waals surface area contributed by atoms with Crippen LogP contribution in [-0.4, -0.2) is 11.0 Å². The van der Waals surface area contributed by atoms with Gasteiger partial charge in [0.05, 0.1) is 4.47 Å². The zero-order valence-corrected chi connectivity index (χ0v) is 14.6. The SMILES string of the molecule is Cc1ccc(Oc2ncc(CNC(C)C)cc2Cl)c(Br)c1. The molecular weight excluding hydrogens is 352 g/mol. The Labute approximate surface area is 138 Å². The molecule has 1 aromatic heterocycles. The van der Waals surface area contributed by atoms with Gasteiger partial charge >= 0.3 is 0 Å². The number of nitrogens with one attached hydrogen (secondary N) is 1. The Hall–Kier alpha value is -1.10. The van der Waals surface area contributed by atoms with Crippen molar-refractivity contribution in [3.8, 4) is 11.6 Å². The number of halogens is 2. The third kappa shape index (κ3) is 4.70. The maximum atomic E-state index is 6.25. The summed E-state index contributed by atoms with van der Waals surface area (Å²) in [6.07, 6.45) is 1.78. The Morgan fingerprint density at radius 3 is 2.71 bits per heavy atom. The van der Waals surface area contributed by atoms with Crippen molar-refractivity contribution in [1.29, 1.82) is 0 Å². The molecule has 3 nitrogen and oxygen atoms in total. The molecular formula is C16H18BrClN2O. The van der Waals surface area contributed by atoms with Gasteiger partial charge in [0.25, 0.3) is 0 Å². The van der Waals surface area contributed by atoms with Crippen LogP contribution in [-0.2, 0) is 6.54 Å². The first-order valence-electron chi connectivity index (χ1n) is 6.77. The van der Waals surface area contributed by atoms with E-state index in [4.69, 9.17) is 16.3 Å². The molecule has 1 aromatic carbocycles. The van der Waals surface area contributed by atoms with Gasteiger partial charge in [-0.15, -0.1) is 0 Å². The molecule has 0 fully saturated rings. The van der Waals surface area contributed by atoms with Gasteiger partial charge in [-0.25, -0.2) is 4.98 Å². The number of hydrogen-bond acceptors (Lipinski definition) is 3. The summed E-state index contributed by atoms with van der Waals surface area (Å²) in [7, 11) is 0. The second kappa shape index (κ2) is 7.25. The molecule has 1 heterocycles. The van der Waals surface area contributed by atoms with Crippen LogP contribution in [0.15, 0.2) is 34.9 Å². The number of ether oxygens (including phenoxy) is 1. The number of rotatable bonds is 5. The van der Waals surface area contributed by atoms with Crippen molar-refractivity contribution in [1.82, 2.24) is 10.3 Å². The number of aryl methyl sites for hydroxylation is 1. The maximum Gasteiger partial charge on any atom is 0.238 e. The number of nitrogens with zero attached hydrogens (tertiary/aromatic N) is 1. The van der Waals surface area contributed by atoms with E-state index in [1.54, 1.807) is 6.20 Å². The van der Waals surface area contributed by atoms with E-state index in [1.165, 1.54) is 0 Å². The highest BCUT2D eigenvalue weighted by atomic mass is 79.9. The lowest BCUT2D eigenvalue weighted by Gasteiger charge is -2.11. The van der Waals surface area contributed by atoms with E-state index < -0.39 is 0 Å². The van der Waals surface area contributed by atoms with Crippen LogP contribution >= 0.6 is 27.5 Å². The second-order valence-corrected chi connectivity index (χ2v) is 6.46. The lowest BCUT2D eigenvalue weighted by Crippen LogP contribution is -2.21. The number of benzene rings is 1. The number of aromatic nitrogens is 1. The predicted octanol–water partition coefficient (Wildman–Crippen LogP) is 5.10. The van der Waals surface area contributed by atoms with Gasteiger partial charge in [0.2, 0.25) is 5.88 Å². The van der Waals surface area contributed by atoms with Crippen molar-refractivity contribution in [2.24, 2.45) is 0 Å². The van der Waals surface area contributed by atoms with Gasteiger partial charge in [-0.3, -0.25) is 0 Å². The topological polar surface area (TPSA) is 34.1 Å². The second-order valence-electron chi connectivity index (χ2n) is 5.20. The molecule has 0 aliphatic heterocycles. The third-order valence-corrected chi connectivity index (χ3v) is 3.76. The highest BCUT2D eigenvalue weighted by molar-refractivity contribution is 9.10. The van der Waals surface area contributed by atoms with Gasteiger partial charge in [-0.05, 0) is 52.2 Å². The Kier molecular flexibility index (Phi) is 5.62. The number of pyridine rings is 1. The van der Waals surface area contributed by atoms with Crippen LogP contribution in [0.4, 0.5) is 0 Å². The van der Waals surface area contributed by atoms with E-state index in [2.05, 4.69) is 40.1 Å². The minimum absolute atomic E-state index is 0.412. The standard InChI is InChI=1S/C16H18BrClN2O/c1-10(2)19-8-12-7-14(18)16(20-9-12)21-15-5-4-11(3)6-13(15)17/h4-7,9-10,19H,8H2,1-3H3. The van der Waals surface area contributed by atoms with Crippen molar-refractivity contribution >= 4 is 27.5 Å². The summed E-state index contributed by atoms with van der Waals surface area (Å²) >= 11 is 9.73. The molecule has 2 rings (SSSR count). The molecule has 0 saturated carbocycles. The zero-order valence-electron chi connectivity index (χ0n) is 12.3. The minimum atomic E-state index is 0.412. The van der Waals surface area contributed by atoms with Gasteiger partial charge in [-0.1, -0.05) is 31.5 Å². The third-order valence-electron chi connectivity index (χ3n) is 2.87. The molecule has 0 bridgehead atoms. The molecule has 0 radical (unpaired) electrons. The van der Waals surface area contributed by atoms with E-state index >= 15 is 0 Å². The monoisotopic (exact) mass is 368 g/mol. The Bertz CT molecular complexity index is 632. The van der Waals surface area contributed by atoms with Crippen LogP contribution in [0.25, 0.3) is 0 Å². The zero-order chi connectivity index (χ0) is 15.4. The molecule has 1 N–H and O–H groups in total. The summed E-state index contributed by atoms with van der Waals surface area (Å²) in [5.41, 5.74) is 2.19. The first-order chi connectivity index (χ1) is 9.95. The van der Waals surface area contributed by atoms with Crippen LogP contribution in [0, 0.1) is 6.92 Å². The molecule has 0 aliphatic carbocycles. The van der Waals surface area contributed by atoms with E-state index in [-0.39, 0.29) is 0 Å². The normalized spacial score (nSPS) is 11.0. The van der Waals surface area contributed by atoms with Gasteiger partial charge in [0.1, 0.15) is 10.8 Å². The molecule has 0 aliphatic rings. The summed E-state index contributed by atoms with van der Waals surface area (Å²) in [6.45, 7) is 6.96. The molecule has 2 aromatic rings. The minimum Gasteiger partial charge on any atom is -0.436 e. The average molecular weight is 370 g/mol. The summed E-state index contributed by atoms with van der Waals surface area (Å²) in [6, 6.07) is 8.16.